The number of para-hydroxylation sites is 2. The molecule has 0 atom stereocenters. The Morgan fingerprint density at radius 1 is 0.746 bits per heavy atom. The number of rotatable bonds is 9. The number of nitriles is 1. The van der Waals surface area contributed by atoms with E-state index < -0.39 is 8.07 Å². The maximum absolute atomic E-state index is 8.89. The average Bonchev–Trinajstić information content (AvgIpc) is 3.85. The molecule has 7 heteroatoms. The number of imidazole rings is 1. The van der Waals surface area contributed by atoms with E-state index in [0.717, 1.165) is 40.1 Å². The first-order chi connectivity index (χ1) is 29.8. The van der Waals surface area contributed by atoms with Gasteiger partial charge in [-0.25, -0.2) is 5.26 Å². The van der Waals surface area contributed by atoms with Crippen molar-refractivity contribution in [2.45, 2.75) is 79.4 Å². The van der Waals surface area contributed by atoms with E-state index >= 15 is 0 Å². The second-order valence-corrected chi connectivity index (χ2v) is 24.4. The van der Waals surface area contributed by atoms with E-state index in [1.54, 1.807) is 6.07 Å². The molecule has 0 saturated carbocycles. The largest absolute Gasteiger partial charge is 0.333 e. The fraction of sp³-hybridized carbons (Fsp3) is 0.232. The van der Waals surface area contributed by atoms with Gasteiger partial charge in [0, 0.05) is 42.8 Å². The molecule has 0 aliphatic carbocycles. The predicted molar refractivity (Wildman–Crippen MR) is 267 cm³/mol. The minimum absolute atomic E-state index is 0. The summed E-state index contributed by atoms with van der Waals surface area (Å²) >= 11 is 1.83. The van der Waals surface area contributed by atoms with Gasteiger partial charge in [0.05, 0.1) is 24.9 Å². The van der Waals surface area contributed by atoms with Gasteiger partial charge in [0.2, 0.25) is 0 Å². The Kier molecular flexibility index (Phi) is 13.8. The smallest absolute Gasteiger partial charge is 0.0798 e. The topological polar surface area (TPSA) is 54.5 Å². The molecule has 1 radical (unpaired) electrons. The van der Waals surface area contributed by atoms with E-state index in [1.165, 1.54) is 58.9 Å². The molecule has 0 N–H and O–H groups in total. The Bertz CT molecular complexity index is 3050. The molecule has 0 amide bonds. The molecule has 4 nitrogen and oxygen atoms in total. The Morgan fingerprint density at radius 2 is 1.43 bits per heavy atom. The molecule has 6 aromatic carbocycles. The molecular weight excluding hydrogens is 981 g/mol. The molecule has 0 aliphatic rings. The van der Waals surface area contributed by atoms with Crippen molar-refractivity contribution in [2.75, 3.05) is 0 Å². The van der Waals surface area contributed by atoms with Crippen molar-refractivity contribution in [1.29, 1.82) is 5.26 Å². The quantitative estimate of drug-likeness (QED) is 0.107. The van der Waals surface area contributed by atoms with Gasteiger partial charge < -0.3 is 9.55 Å². The molecule has 319 valence electrons. The predicted octanol–water partition coefficient (Wildman–Crippen LogP) is 14.9. The number of hydrogen-bond acceptors (Lipinski definition) is 4. The van der Waals surface area contributed by atoms with Gasteiger partial charge in [0.25, 0.3) is 0 Å². The molecular formula is C56H54IrN4SSi-2. The third-order valence-corrected chi connectivity index (χ3v) is 14.8. The van der Waals surface area contributed by atoms with E-state index in [4.69, 9.17) is 10.2 Å². The molecule has 3 heterocycles. The van der Waals surface area contributed by atoms with Gasteiger partial charge in [-0.05, 0) is 103 Å². The third kappa shape index (κ3) is 9.42. The van der Waals surface area contributed by atoms with Crippen LogP contribution < -0.4 is 5.19 Å². The molecule has 63 heavy (non-hydrogen) atoms. The molecule has 0 unspecified atom stereocenters. The van der Waals surface area contributed by atoms with E-state index in [0.29, 0.717) is 23.3 Å². The van der Waals surface area contributed by atoms with Gasteiger partial charge in [-0.1, -0.05) is 144 Å². The summed E-state index contributed by atoms with van der Waals surface area (Å²) in [6.45, 7) is 20.8. The zero-order chi connectivity index (χ0) is 43.7. The van der Waals surface area contributed by atoms with Gasteiger partial charge in [0.15, 0.2) is 0 Å². The normalized spacial score (nSPS) is 11.6. The van der Waals surface area contributed by atoms with E-state index in [1.807, 2.05) is 23.5 Å². The summed E-state index contributed by atoms with van der Waals surface area (Å²) in [6.07, 6.45) is 3.14. The van der Waals surface area contributed by atoms with Crippen LogP contribution >= 0.6 is 11.3 Å². The van der Waals surface area contributed by atoms with Crippen LogP contribution in [0.2, 0.25) is 19.6 Å². The minimum atomic E-state index is -1.40. The van der Waals surface area contributed by atoms with Gasteiger partial charge in [-0.3, -0.25) is 4.98 Å². The number of pyridine rings is 1. The maximum Gasteiger partial charge on any atom is 0.0798 e. The molecule has 9 aromatic rings. The number of nitrogens with zero attached hydrogens (tertiary/aromatic N) is 4. The summed E-state index contributed by atoms with van der Waals surface area (Å²) in [7, 11) is -1.40. The van der Waals surface area contributed by atoms with Crippen LogP contribution in [0.5, 0.6) is 0 Å². The van der Waals surface area contributed by atoms with Crippen LogP contribution in [0.4, 0.5) is 0 Å². The number of benzene rings is 6. The second-order valence-electron chi connectivity index (χ2n) is 18.3. The van der Waals surface area contributed by atoms with Crippen LogP contribution in [0.1, 0.15) is 75.6 Å². The molecule has 0 aliphatic heterocycles. The molecule has 9 rings (SSSR count). The number of thiophene rings is 1. The Labute approximate surface area is 392 Å². The van der Waals surface area contributed by atoms with Gasteiger partial charge >= 0.3 is 0 Å². The van der Waals surface area contributed by atoms with Crippen LogP contribution in [-0.2, 0) is 26.5 Å². The van der Waals surface area contributed by atoms with Crippen LogP contribution in [0.3, 0.4) is 0 Å². The summed E-state index contributed by atoms with van der Waals surface area (Å²) < 4.78 is 4.95. The molecule has 0 bridgehead atoms. The van der Waals surface area contributed by atoms with Crippen LogP contribution in [0, 0.1) is 29.4 Å². The fourth-order valence-corrected chi connectivity index (χ4v) is 11.3. The molecule has 0 saturated heterocycles. The minimum Gasteiger partial charge on any atom is -0.333 e. The summed E-state index contributed by atoms with van der Waals surface area (Å²) in [5.74, 6) is 2.23. The van der Waals surface area contributed by atoms with E-state index in [-0.39, 0.29) is 20.1 Å². The summed E-state index contributed by atoms with van der Waals surface area (Å²) in [5, 5.41) is 12.9. The first kappa shape index (κ1) is 45.5. The monoisotopic (exact) mass is 1040 g/mol. The number of fused-ring (bicyclic) bond motifs is 4. The third-order valence-electron chi connectivity index (χ3n) is 11.5. The Balaban J connectivity index is 0.000000221. The SMILES string of the molecule is CC(C)Cc1cc(-c2[c-]cc(C#N)cc2)ncc1[Si](C)(C)C.CC(C)c1cc(-c2ccccc2)cc(C(C)C)c1-n1c(-c2[c-]ccc3c2sc2ccccc23)nc2ccccc21.[Ir]. The zero-order valence-corrected chi connectivity index (χ0v) is 41.9. The average molecular weight is 1040 g/mol. The zero-order valence-electron chi connectivity index (χ0n) is 37.7. The maximum atomic E-state index is 8.89. The second kappa shape index (κ2) is 19.1. The van der Waals surface area contributed by atoms with Crippen molar-refractivity contribution < 1.29 is 20.1 Å². The van der Waals surface area contributed by atoms with Crippen molar-refractivity contribution in [2.24, 2.45) is 5.92 Å². The van der Waals surface area contributed by atoms with Crippen molar-refractivity contribution >= 4 is 55.8 Å². The summed E-state index contributed by atoms with van der Waals surface area (Å²) in [5.41, 5.74) is 13.6. The van der Waals surface area contributed by atoms with Gasteiger partial charge in [-0.2, -0.15) is 11.3 Å². The standard InChI is InChI=1S/C37H31N2S.C19H23N2Si.Ir/c1-23(2)30-21-26(25-13-6-5-7-14-25)22-31(24(3)4)35(30)39-33-19-10-9-18-32(33)38-37(39)29-17-12-16-28-27-15-8-11-20-34(27)40-36(28)29;1-14(2)10-17-11-18(21-13-19(17)22(3,4)5)16-8-6-15(12-20)7-9-16;/h5-16,18-24H,1-4H3;6-8,11,13-14H,10H2,1-5H3;/q2*-1;. The Morgan fingerprint density at radius 3 is 2.08 bits per heavy atom. The molecule has 0 spiro atoms. The van der Waals surface area contributed by atoms with Crippen LogP contribution in [-0.4, -0.2) is 22.6 Å². The van der Waals surface area contributed by atoms with Crippen LogP contribution in [0.25, 0.3) is 70.7 Å². The van der Waals surface area contributed by atoms with Crippen LogP contribution in [0.15, 0.2) is 134 Å². The van der Waals surface area contributed by atoms with Crippen molar-refractivity contribution in [3.63, 3.8) is 0 Å². The molecule has 0 fully saturated rings. The van der Waals surface area contributed by atoms with E-state index in [2.05, 4.69) is 204 Å². The van der Waals surface area contributed by atoms with Crippen molar-refractivity contribution in [3.05, 3.63) is 168 Å². The summed E-state index contributed by atoms with van der Waals surface area (Å²) in [6, 6.07) is 53.6. The van der Waals surface area contributed by atoms with Gasteiger partial charge in [0.1, 0.15) is 0 Å². The first-order valence-electron chi connectivity index (χ1n) is 21.8. The Hall–Kier alpha value is -5.48. The van der Waals surface area contributed by atoms with Gasteiger partial charge in [-0.15, -0.1) is 48.0 Å². The van der Waals surface area contributed by atoms with E-state index in [9.17, 15) is 0 Å². The van der Waals surface area contributed by atoms with Crippen molar-refractivity contribution in [3.8, 4) is 45.5 Å². The molecule has 3 aromatic heterocycles. The number of aromatic nitrogens is 3. The summed E-state index contributed by atoms with van der Waals surface area (Å²) in [4.78, 5) is 9.96. The fourth-order valence-electron chi connectivity index (χ4n) is 8.47. The first-order valence-corrected chi connectivity index (χ1v) is 26.1. The number of hydrogen-bond donors (Lipinski definition) is 0. The van der Waals surface area contributed by atoms with Crippen molar-refractivity contribution in [1.82, 2.24) is 14.5 Å².